The van der Waals surface area contributed by atoms with Crippen LogP contribution in [-0.2, 0) is 58.5 Å². The lowest BCUT2D eigenvalue weighted by Gasteiger charge is -2.31. The van der Waals surface area contributed by atoms with Gasteiger partial charge in [-0.2, -0.15) is 0 Å². The van der Waals surface area contributed by atoms with Gasteiger partial charge >= 0.3 is 6.09 Å². The average Bonchev–Trinajstić information content (AvgIpc) is 3.88. The van der Waals surface area contributed by atoms with Crippen molar-refractivity contribution in [2.24, 2.45) is 0 Å². The molecule has 0 aromatic heterocycles. The largest absolute Gasteiger partial charge is 0.427 e. The van der Waals surface area contributed by atoms with Crippen LogP contribution in [0.15, 0.2) is 60.7 Å². The second-order valence-corrected chi connectivity index (χ2v) is 18.3. The molecule has 3 N–H and O–H groups in total. The lowest BCUT2D eigenvalue weighted by atomic mass is 9.94. The van der Waals surface area contributed by atoms with Crippen LogP contribution in [-0.4, -0.2) is 93.2 Å². The molecule has 3 aromatic carbocycles. The van der Waals surface area contributed by atoms with E-state index in [1.165, 1.54) is 24.0 Å². The Morgan fingerprint density at radius 2 is 1.49 bits per heavy atom. The third-order valence-corrected chi connectivity index (χ3v) is 13.3. The zero-order chi connectivity index (χ0) is 48.5. The average molecular weight is 935 g/mol. The van der Waals surface area contributed by atoms with Crippen LogP contribution in [0, 0.1) is 5.82 Å². The molecule has 1 unspecified atom stereocenters. The van der Waals surface area contributed by atoms with Crippen molar-refractivity contribution in [1.82, 2.24) is 25.3 Å². The number of piperidine rings is 1. The van der Waals surface area contributed by atoms with Gasteiger partial charge in [0.2, 0.25) is 35.1 Å². The SMILES string of the molecule is CC(=O)Nc1ccc2c(c1)CC[C@@]21OC(=O)N(CC(=O)N(Cc2ccc(F)cc2)[C@H](C)CNC(=O)CCCCCCCCCCCCc2ccc3c(c2)C(=O)N(C2CCC(=O)NC2=O)C3=O)C1=O. The Morgan fingerprint density at radius 1 is 0.824 bits per heavy atom. The molecule has 3 atom stereocenters. The maximum absolute atomic E-state index is 14.0. The Bertz CT molecular complexity index is 2480. The van der Waals surface area contributed by atoms with Gasteiger partial charge in [-0.15, -0.1) is 0 Å². The number of fused-ring (bicyclic) bond motifs is 3. The number of benzene rings is 3. The molecule has 1 spiro atoms. The van der Waals surface area contributed by atoms with Crippen LogP contribution in [0.5, 0.6) is 0 Å². The zero-order valence-corrected chi connectivity index (χ0v) is 38.7. The van der Waals surface area contributed by atoms with Crippen LogP contribution in [0.2, 0.25) is 0 Å². The van der Waals surface area contributed by atoms with Gasteiger partial charge in [0.15, 0.2) is 0 Å². The molecule has 4 aliphatic rings. The molecule has 3 heterocycles. The molecule has 360 valence electrons. The normalized spacial score (nSPS) is 19.0. The second kappa shape index (κ2) is 21.9. The third kappa shape index (κ3) is 11.3. The number of aryl methyl sites for hydroxylation is 2. The Balaban J connectivity index is 0.782. The maximum atomic E-state index is 14.0. The lowest BCUT2D eigenvalue weighted by molar-refractivity contribution is -0.143. The Kier molecular flexibility index (Phi) is 15.8. The Labute approximate surface area is 394 Å². The van der Waals surface area contributed by atoms with E-state index in [0.717, 1.165) is 85.1 Å². The fourth-order valence-corrected chi connectivity index (χ4v) is 9.60. The molecule has 68 heavy (non-hydrogen) atoms. The number of ether oxygens (including phenoxy) is 1. The summed E-state index contributed by atoms with van der Waals surface area (Å²) in [5.41, 5.74) is 2.44. The number of halogens is 1. The van der Waals surface area contributed by atoms with Gasteiger partial charge in [-0.3, -0.25) is 48.6 Å². The highest BCUT2D eigenvalue weighted by molar-refractivity contribution is 6.23. The molecule has 0 radical (unpaired) electrons. The van der Waals surface area contributed by atoms with Crippen molar-refractivity contribution in [2.75, 3.05) is 18.4 Å². The molecule has 0 saturated carbocycles. The van der Waals surface area contributed by atoms with Gasteiger partial charge in [-0.1, -0.05) is 75.6 Å². The summed E-state index contributed by atoms with van der Waals surface area (Å²) < 4.78 is 19.5. The number of carbonyl (C=O) groups excluding carboxylic acids is 9. The highest BCUT2D eigenvalue weighted by Gasteiger charge is 2.58. The molecular formula is C51H59FN6O10. The second-order valence-electron chi connectivity index (χ2n) is 18.3. The molecule has 7 rings (SSSR count). The first-order valence-corrected chi connectivity index (χ1v) is 23.8. The van der Waals surface area contributed by atoms with E-state index in [-0.39, 0.29) is 49.7 Å². The minimum Gasteiger partial charge on any atom is -0.427 e. The molecule has 2 saturated heterocycles. The van der Waals surface area contributed by atoms with Crippen molar-refractivity contribution in [3.05, 3.63) is 99.9 Å². The number of hydrogen-bond donors (Lipinski definition) is 3. The minimum absolute atomic E-state index is 0.0472. The van der Waals surface area contributed by atoms with Gasteiger partial charge in [0.1, 0.15) is 18.4 Å². The molecular weight excluding hydrogens is 876 g/mol. The molecule has 9 amide bonds. The number of nitrogens with one attached hydrogen (secondary N) is 3. The first-order chi connectivity index (χ1) is 32.6. The first kappa shape index (κ1) is 49.1. The van der Waals surface area contributed by atoms with Gasteiger partial charge in [-0.05, 0) is 92.1 Å². The van der Waals surface area contributed by atoms with Crippen molar-refractivity contribution in [1.29, 1.82) is 0 Å². The van der Waals surface area contributed by atoms with Crippen molar-refractivity contribution < 1.29 is 52.3 Å². The van der Waals surface area contributed by atoms with Gasteiger partial charge in [0.25, 0.3) is 17.7 Å². The van der Waals surface area contributed by atoms with E-state index >= 15 is 0 Å². The molecule has 3 aliphatic heterocycles. The number of amides is 9. The quantitative estimate of drug-likeness (QED) is 0.0749. The van der Waals surface area contributed by atoms with Gasteiger partial charge < -0.3 is 20.3 Å². The molecule has 1 aliphatic carbocycles. The number of carbonyl (C=O) groups is 9. The number of rotatable bonds is 22. The van der Waals surface area contributed by atoms with Crippen LogP contribution in [0.3, 0.4) is 0 Å². The fraction of sp³-hybridized carbons (Fsp3) is 0.471. The van der Waals surface area contributed by atoms with Crippen LogP contribution in [0.1, 0.15) is 147 Å². The number of unbranched alkanes of at least 4 members (excludes halogenated alkanes) is 9. The van der Waals surface area contributed by atoms with Crippen LogP contribution in [0.25, 0.3) is 0 Å². The van der Waals surface area contributed by atoms with Gasteiger partial charge in [0, 0.05) is 56.6 Å². The van der Waals surface area contributed by atoms with E-state index in [2.05, 4.69) is 16.0 Å². The minimum atomic E-state index is -1.57. The topological polar surface area (TPSA) is 209 Å². The van der Waals surface area contributed by atoms with E-state index in [9.17, 15) is 47.5 Å². The van der Waals surface area contributed by atoms with Crippen LogP contribution < -0.4 is 16.0 Å². The number of nitrogens with zero attached hydrogens (tertiary/aromatic N) is 3. The fourth-order valence-electron chi connectivity index (χ4n) is 9.60. The van der Waals surface area contributed by atoms with Crippen molar-refractivity contribution in [2.45, 2.75) is 141 Å². The standard InChI is InChI=1S/C51H59FN6O10/c1-32(56(30-35-15-18-37(52)19-16-35)45(62)31-57-49(66)51(68-50(57)67)26-25-36-28-38(54-33(2)59)20-22-41(36)51)29-53-43(60)14-12-10-8-6-4-3-5-7-9-11-13-34-17-21-39-40(27-34)48(65)58(47(39)64)42-23-24-44(61)55-46(42)63/h15-22,27-28,32,42H,3-14,23-26,29-31H2,1-2H3,(H,53,60)(H,54,59)(H,55,61,63)/t32-,42?,51-/m1/s1. The Morgan fingerprint density at radius 3 is 2.18 bits per heavy atom. The third-order valence-electron chi connectivity index (χ3n) is 13.3. The summed E-state index contributed by atoms with van der Waals surface area (Å²) in [4.78, 5) is 119. The summed E-state index contributed by atoms with van der Waals surface area (Å²) in [6.07, 6.45) is 11.1. The number of anilines is 1. The van der Waals surface area contributed by atoms with Crippen molar-refractivity contribution in [3.63, 3.8) is 0 Å². The molecule has 3 aromatic rings. The van der Waals surface area contributed by atoms with E-state index < -0.39 is 71.6 Å². The number of hydrogen-bond acceptors (Lipinski definition) is 10. The smallest absolute Gasteiger partial charge is 0.418 e. The Hall–Kier alpha value is -6.78. The summed E-state index contributed by atoms with van der Waals surface area (Å²) in [7, 11) is 0. The first-order valence-electron chi connectivity index (χ1n) is 23.8. The highest BCUT2D eigenvalue weighted by atomic mass is 19.1. The van der Waals surface area contributed by atoms with Gasteiger partial charge in [-0.25, -0.2) is 14.1 Å². The van der Waals surface area contributed by atoms with Crippen molar-refractivity contribution >= 4 is 59.0 Å². The summed E-state index contributed by atoms with van der Waals surface area (Å²) >= 11 is 0. The molecule has 16 nitrogen and oxygen atoms in total. The van der Waals surface area contributed by atoms with E-state index in [1.807, 2.05) is 6.07 Å². The highest BCUT2D eigenvalue weighted by Crippen LogP contribution is 2.46. The molecule has 0 bridgehead atoms. The summed E-state index contributed by atoms with van der Waals surface area (Å²) in [6, 6.07) is 14.4. The molecule has 2 fully saturated rings. The summed E-state index contributed by atoms with van der Waals surface area (Å²) in [5.74, 6) is -4.05. The number of imide groups is 3. The lowest BCUT2D eigenvalue weighted by Crippen LogP contribution is -2.54. The summed E-state index contributed by atoms with van der Waals surface area (Å²) in [5, 5.41) is 7.85. The molecule has 17 heteroatoms. The van der Waals surface area contributed by atoms with Crippen LogP contribution >= 0.6 is 0 Å². The van der Waals surface area contributed by atoms with E-state index in [4.69, 9.17) is 4.74 Å². The van der Waals surface area contributed by atoms with Gasteiger partial charge in [0.05, 0.1) is 11.1 Å². The predicted molar refractivity (Wildman–Crippen MR) is 246 cm³/mol. The van der Waals surface area contributed by atoms with Crippen molar-refractivity contribution in [3.8, 4) is 0 Å². The van der Waals surface area contributed by atoms with Crippen LogP contribution in [0.4, 0.5) is 14.9 Å². The van der Waals surface area contributed by atoms with E-state index in [0.29, 0.717) is 41.6 Å². The zero-order valence-electron chi connectivity index (χ0n) is 38.7. The maximum Gasteiger partial charge on any atom is 0.418 e. The van der Waals surface area contributed by atoms with E-state index in [1.54, 1.807) is 49.4 Å². The summed E-state index contributed by atoms with van der Waals surface area (Å²) in [6.45, 7) is 2.74. The monoisotopic (exact) mass is 934 g/mol. The predicted octanol–water partition coefficient (Wildman–Crippen LogP) is 6.37.